The lowest BCUT2D eigenvalue weighted by Crippen LogP contribution is -2.20. The number of benzene rings is 2. The Bertz CT molecular complexity index is 525. The van der Waals surface area contributed by atoms with Gasteiger partial charge in [0, 0.05) is 12.5 Å². The van der Waals surface area contributed by atoms with Crippen LogP contribution in [0.25, 0.3) is 0 Å². The molecule has 1 atom stereocenters. The Labute approximate surface area is 112 Å². The fourth-order valence-corrected chi connectivity index (χ4v) is 2.26. The van der Waals surface area contributed by atoms with Gasteiger partial charge in [0.2, 0.25) is 0 Å². The van der Waals surface area contributed by atoms with Crippen LogP contribution in [0.15, 0.2) is 48.5 Å². The topological polar surface area (TPSA) is 32.3 Å². The van der Waals surface area contributed by atoms with E-state index >= 15 is 0 Å². The lowest BCUT2D eigenvalue weighted by atomic mass is 9.91. The molecule has 1 unspecified atom stereocenters. The van der Waals surface area contributed by atoms with Crippen molar-refractivity contribution < 1.29 is 9.50 Å². The van der Waals surface area contributed by atoms with E-state index in [0.29, 0.717) is 6.54 Å². The third-order valence-corrected chi connectivity index (χ3v) is 3.21. The molecule has 0 radical (unpaired) electrons. The Morgan fingerprint density at radius 2 is 1.79 bits per heavy atom. The Kier molecular flexibility index (Phi) is 4.53. The van der Waals surface area contributed by atoms with Crippen LogP contribution in [-0.4, -0.2) is 18.7 Å². The zero-order valence-electron chi connectivity index (χ0n) is 10.9. The summed E-state index contributed by atoms with van der Waals surface area (Å²) in [6.07, 6.45) is 0.738. The van der Waals surface area contributed by atoms with Crippen molar-refractivity contribution in [1.82, 2.24) is 5.32 Å². The lowest BCUT2D eigenvalue weighted by molar-refractivity contribution is 0.475. The zero-order chi connectivity index (χ0) is 13.7. The van der Waals surface area contributed by atoms with Crippen LogP contribution in [0.3, 0.4) is 0 Å². The summed E-state index contributed by atoms with van der Waals surface area (Å²) in [4.78, 5) is 0. The van der Waals surface area contributed by atoms with E-state index in [1.54, 1.807) is 18.2 Å². The summed E-state index contributed by atoms with van der Waals surface area (Å²) >= 11 is 0. The Morgan fingerprint density at radius 1 is 1.11 bits per heavy atom. The van der Waals surface area contributed by atoms with Crippen LogP contribution in [0, 0.1) is 5.82 Å². The zero-order valence-corrected chi connectivity index (χ0v) is 10.9. The SMILES string of the molecule is CNCC(Cc1ccc(O)cc1)c1ccccc1F. The summed E-state index contributed by atoms with van der Waals surface area (Å²) < 4.78 is 13.9. The van der Waals surface area contributed by atoms with E-state index in [0.717, 1.165) is 17.5 Å². The van der Waals surface area contributed by atoms with Crippen molar-refractivity contribution in [3.63, 3.8) is 0 Å². The first-order valence-corrected chi connectivity index (χ1v) is 6.37. The van der Waals surface area contributed by atoms with Gasteiger partial charge in [-0.05, 0) is 42.8 Å². The van der Waals surface area contributed by atoms with Crippen LogP contribution in [0.5, 0.6) is 5.75 Å². The Morgan fingerprint density at radius 3 is 2.42 bits per heavy atom. The Balaban J connectivity index is 2.21. The van der Waals surface area contributed by atoms with E-state index in [-0.39, 0.29) is 17.5 Å². The minimum atomic E-state index is -0.165. The van der Waals surface area contributed by atoms with Crippen molar-refractivity contribution in [2.45, 2.75) is 12.3 Å². The van der Waals surface area contributed by atoms with Crippen molar-refractivity contribution >= 4 is 0 Å². The molecule has 0 aliphatic carbocycles. The maximum absolute atomic E-state index is 13.9. The first kappa shape index (κ1) is 13.6. The molecule has 19 heavy (non-hydrogen) atoms. The van der Waals surface area contributed by atoms with E-state index in [4.69, 9.17) is 0 Å². The van der Waals surface area contributed by atoms with Crippen LogP contribution < -0.4 is 5.32 Å². The van der Waals surface area contributed by atoms with Gasteiger partial charge in [-0.15, -0.1) is 0 Å². The number of nitrogens with one attached hydrogen (secondary N) is 1. The van der Waals surface area contributed by atoms with Crippen LogP contribution in [-0.2, 0) is 6.42 Å². The summed E-state index contributed by atoms with van der Waals surface area (Å²) in [6.45, 7) is 0.710. The normalized spacial score (nSPS) is 12.3. The molecule has 0 saturated carbocycles. The number of rotatable bonds is 5. The summed E-state index contributed by atoms with van der Waals surface area (Å²) in [5, 5.41) is 12.4. The minimum Gasteiger partial charge on any atom is -0.508 e. The van der Waals surface area contributed by atoms with Crippen molar-refractivity contribution in [2.24, 2.45) is 0 Å². The second-order valence-corrected chi connectivity index (χ2v) is 4.65. The van der Waals surface area contributed by atoms with E-state index in [1.165, 1.54) is 6.07 Å². The van der Waals surface area contributed by atoms with Gasteiger partial charge < -0.3 is 10.4 Å². The molecule has 2 rings (SSSR count). The highest BCUT2D eigenvalue weighted by Gasteiger charge is 2.15. The number of phenolic OH excluding ortho intramolecular Hbond substituents is 1. The molecule has 0 bridgehead atoms. The average Bonchev–Trinajstić information content (AvgIpc) is 2.41. The van der Waals surface area contributed by atoms with Crippen molar-refractivity contribution in [3.05, 3.63) is 65.5 Å². The standard InChI is InChI=1S/C16H18FNO/c1-18-11-13(15-4-2-3-5-16(15)17)10-12-6-8-14(19)9-7-12/h2-9,13,18-19H,10-11H2,1H3. The molecule has 0 aliphatic heterocycles. The molecule has 0 amide bonds. The third-order valence-electron chi connectivity index (χ3n) is 3.21. The molecule has 0 spiro atoms. The van der Waals surface area contributed by atoms with Gasteiger partial charge in [-0.3, -0.25) is 0 Å². The highest BCUT2D eigenvalue weighted by atomic mass is 19.1. The number of aromatic hydroxyl groups is 1. The fourth-order valence-electron chi connectivity index (χ4n) is 2.26. The second kappa shape index (κ2) is 6.34. The predicted molar refractivity (Wildman–Crippen MR) is 74.9 cm³/mol. The summed E-state index contributed by atoms with van der Waals surface area (Å²) in [5.41, 5.74) is 1.81. The monoisotopic (exact) mass is 259 g/mol. The molecule has 100 valence electrons. The number of likely N-dealkylation sites (N-methyl/N-ethyl adjacent to an activating group) is 1. The maximum Gasteiger partial charge on any atom is 0.126 e. The molecule has 2 N–H and O–H groups in total. The van der Waals surface area contributed by atoms with Crippen LogP contribution in [0.2, 0.25) is 0 Å². The van der Waals surface area contributed by atoms with Crippen molar-refractivity contribution in [2.75, 3.05) is 13.6 Å². The molecular formula is C16H18FNO. The van der Waals surface area contributed by atoms with Gasteiger partial charge in [-0.25, -0.2) is 4.39 Å². The minimum absolute atomic E-state index is 0.0794. The average molecular weight is 259 g/mol. The summed E-state index contributed by atoms with van der Waals surface area (Å²) in [7, 11) is 1.87. The molecule has 2 aromatic carbocycles. The number of phenols is 1. The summed E-state index contributed by atoms with van der Waals surface area (Å²) in [5.74, 6) is 0.164. The van der Waals surface area contributed by atoms with Gasteiger partial charge >= 0.3 is 0 Å². The van der Waals surface area contributed by atoms with Crippen LogP contribution >= 0.6 is 0 Å². The molecule has 2 aromatic rings. The lowest BCUT2D eigenvalue weighted by Gasteiger charge is -2.18. The maximum atomic E-state index is 13.9. The third kappa shape index (κ3) is 3.55. The van der Waals surface area contributed by atoms with Gasteiger partial charge in [-0.1, -0.05) is 30.3 Å². The van der Waals surface area contributed by atoms with E-state index in [2.05, 4.69) is 5.32 Å². The number of hydrogen-bond donors (Lipinski definition) is 2. The van der Waals surface area contributed by atoms with E-state index < -0.39 is 0 Å². The highest BCUT2D eigenvalue weighted by molar-refractivity contribution is 5.29. The van der Waals surface area contributed by atoms with Crippen molar-refractivity contribution in [3.8, 4) is 5.75 Å². The summed E-state index contributed by atoms with van der Waals surface area (Å²) in [6, 6.07) is 14.0. The van der Waals surface area contributed by atoms with Crippen molar-refractivity contribution in [1.29, 1.82) is 0 Å². The van der Waals surface area contributed by atoms with Gasteiger partial charge in [0.25, 0.3) is 0 Å². The smallest absolute Gasteiger partial charge is 0.126 e. The molecule has 0 heterocycles. The van der Waals surface area contributed by atoms with Gasteiger partial charge in [0.1, 0.15) is 11.6 Å². The molecular weight excluding hydrogens is 241 g/mol. The van der Waals surface area contributed by atoms with E-state index in [9.17, 15) is 9.50 Å². The first-order valence-electron chi connectivity index (χ1n) is 6.37. The second-order valence-electron chi connectivity index (χ2n) is 4.65. The molecule has 3 heteroatoms. The van der Waals surface area contributed by atoms with Crippen LogP contribution in [0.4, 0.5) is 4.39 Å². The quantitative estimate of drug-likeness (QED) is 0.865. The number of halogens is 1. The van der Waals surface area contributed by atoms with E-state index in [1.807, 2.05) is 31.3 Å². The molecule has 0 aliphatic rings. The highest BCUT2D eigenvalue weighted by Crippen LogP contribution is 2.23. The molecule has 2 nitrogen and oxygen atoms in total. The first-order chi connectivity index (χ1) is 9.20. The molecule has 0 aromatic heterocycles. The Hall–Kier alpha value is -1.87. The number of hydrogen-bond acceptors (Lipinski definition) is 2. The molecule has 0 fully saturated rings. The van der Waals surface area contributed by atoms with Gasteiger partial charge in [0.05, 0.1) is 0 Å². The van der Waals surface area contributed by atoms with Crippen LogP contribution in [0.1, 0.15) is 17.0 Å². The molecule has 0 saturated heterocycles. The predicted octanol–water partition coefficient (Wildman–Crippen LogP) is 3.08. The van der Waals surface area contributed by atoms with Gasteiger partial charge in [-0.2, -0.15) is 0 Å². The van der Waals surface area contributed by atoms with Gasteiger partial charge in [0.15, 0.2) is 0 Å². The largest absolute Gasteiger partial charge is 0.508 e. The fraction of sp³-hybridized carbons (Fsp3) is 0.250.